The molecule has 2 rings (SSSR count). The van der Waals surface area contributed by atoms with Gasteiger partial charge >= 0.3 is 0 Å². The van der Waals surface area contributed by atoms with Crippen molar-refractivity contribution in [1.82, 2.24) is 5.32 Å². The molecule has 0 saturated heterocycles. The van der Waals surface area contributed by atoms with Gasteiger partial charge in [-0.05, 0) is 36.6 Å². The van der Waals surface area contributed by atoms with Crippen molar-refractivity contribution in [2.75, 3.05) is 0 Å². The van der Waals surface area contributed by atoms with Gasteiger partial charge in [-0.3, -0.25) is 4.79 Å². The number of nitrogens with one attached hydrogen (secondary N) is 1. The maximum Gasteiger partial charge on any atom is 0.244 e. The van der Waals surface area contributed by atoms with E-state index < -0.39 is 0 Å². The number of rotatable bonds is 4. The van der Waals surface area contributed by atoms with E-state index in [1.807, 2.05) is 30.5 Å². The Labute approximate surface area is 104 Å². The van der Waals surface area contributed by atoms with Gasteiger partial charge in [0.15, 0.2) is 0 Å². The van der Waals surface area contributed by atoms with Crippen LogP contribution in [0, 0.1) is 0 Å². The van der Waals surface area contributed by atoms with Crippen LogP contribution in [0.2, 0.25) is 0 Å². The van der Waals surface area contributed by atoms with Gasteiger partial charge in [0.2, 0.25) is 5.91 Å². The topological polar surface area (TPSA) is 42.2 Å². The van der Waals surface area contributed by atoms with Crippen molar-refractivity contribution in [1.29, 1.82) is 0 Å². The smallest absolute Gasteiger partial charge is 0.244 e. The number of furan rings is 1. The quantitative estimate of drug-likeness (QED) is 0.843. The van der Waals surface area contributed by atoms with E-state index in [0.29, 0.717) is 0 Å². The molecule has 1 atom stereocenters. The first-order valence-corrected chi connectivity index (χ1v) is 6.19. The minimum Gasteiger partial charge on any atom is -0.467 e. The summed E-state index contributed by atoms with van der Waals surface area (Å²) >= 11 is 1.60. The van der Waals surface area contributed by atoms with E-state index >= 15 is 0 Å². The van der Waals surface area contributed by atoms with Crippen molar-refractivity contribution in [3.63, 3.8) is 0 Å². The lowest BCUT2D eigenvalue weighted by molar-refractivity contribution is -0.117. The van der Waals surface area contributed by atoms with Crippen LogP contribution in [0.4, 0.5) is 0 Å². The van der Waals surface area contributed by atoms with Crippen LogP contribution in [0.3, 0.4) is 0 Å². The third-order valence-electron chi connectivity index (χ3n) is 2.27. The Morgan fingerprint density at radius 2 is 2.35 bits per heavy atom. The second-order valence-electron chi connectivity index (χ2n) is 3.59. The van der Waals surface area contributed by atoms with Crippen molar-refractivity contribution in [3.8, 4) is 0 Å². The fraction of sp³-hybridized carbons (Fsp3) is 0.154. The summed E-state index contributed by atoms with van der Waals surface area (Å²) in [5.41, 5.74) is 0. The first-order valence-electron chi connectivity index (χ1n) is 5.31. The second kappa shape index (κ2) is 5.50. The molecular weight excluding hydrogens is 234 g/mol. The van der Waals surface area contributed by atoms with E-state index in [1.54, 1.807) is 29.7 Å². The van der Waals surface area contributed by atoms with Crippen LogP contribution < -0.4 is 5.32 Å². The molecule has 0 bridgehead atoms. The summed E-state index contributed by atoms with van der Waals surface area (Å²) in [6, 6.07) is 7.44. The lowest BCUT2D eigenvalue weighted by atomic mass is 10.2. The average molecular weight is 247 g/mol. The first-order chi connectivity index (χ1) is 8.25. The predicted octanol–water partition coefficient (Wildman–Crippen LogP) is 3.23. The number of carbonyl (C=O) groups is 1. The van der Waals surface area contributed by atoms with Gasteiger partial charge in [-0.15, -0.1) is 11.3 Å². The van der Waals surface area contributed by atoms with Crippen molar-refractivity contribution < 1.29 is 9.21 Å². The van der Waals surface area contributed by atoms with Crippen molar-refractivity contribution in [3.05, 3.63) is 52.6 Å². The van der Waals surface area contributed by atoms with Crippen LogP contribution in [0.25, 0.3) is 6.08 Å². The van der Waals surface area contributed by atoms with Gasteiger partial charge in [0, 0.05) is 11.0 Å². The van der Waals surface area contributed by atoms with Gasteiger partial charge in [0.05, 0.1) is 12.3 Å². The summed E-state index contributed by atoms with van der Waals surface area (Å²) < 4.78 is 5.21. The highest BCUT2D eigenvalue weighted by Gasteiger charge is 2.09. The number of carbonyl (C=O) groups excluding carboxylic acids is 1. The molecule has 1 N–H and O–H groups in total. The summed E-state index contributed by atoms with van der Waals surface area (Å²) in [6.07, 6.45) is 4.93. The molecule has 2 heterocycles. The Bertz CT molecular complexity index is 485. The molecular formula is C13H13NO2S. The Morgan fingerprint density at radius 1 is 1.47 bits per heavy atom. The van der Waals surface area contributed by atoms with Crippen molar-refractivity contribution >= 4 is 23.3 Å². The predicted molar refractivity (Wildman–Crippen MR) is 68.6 cm³/mol. The molecule has 3 nitrogen and oxygen atoms in total. The van der Waals surface area contributed by atoms with Gasteiger partial charge in [0.25, 0.3) is 0 Å². The van der Waals surface area contributed by atoms with Gasteiger partial charge in [0.1, 0.15) is 5.76 Å². The molecule has 17 heavy (non-hydrogen) atoms. The van der Waals surface area contributed by atoms with Crippen LogP contribution in [0.5, 0.6) is 0 Å². The van der Waals surface area contributed by atoms with E-state index in [-0.39, 0.29) is 11.9 Å². The Hall–Kier alpha value is -1.81. The highest BCUT2D eigenvalue weighted by molar-refractivity contribution is 7.10. The largest absolute Gasteiger partial charge is 0.467 e. The van der Waals surface area contributed by atoms with E-state index in [4.69, 9.17) is 4.42 Å². The summed E-state index contributed by atoms with van der Waals surface area (Å²) in [5, 5.41) is 4.81. The third kappa shape index (κ3) is 3.32. The summed E-state index contributed by atoms with van der Waals surface area (Å²) in [4.78, 5) is 12.7. The number of amides is 1. The zero-order chi connectivity index (χ0) is 12.1. The van der Waals surface area contributed by atoms with Crippen LogP contribution in [0.1, 0.15) is 23.6 Å². The summed E-state index contributed by atoms with van der Waals surface area (Å²) in [7, 11) is 0. The molecule has 4 heteroatoms. The lowest BCUT2D eigenvalue weighted by Crippen LogP contribution is -2.24. The van der Waals surface area contributed by atoms with Crippen LogP contribution in [-0.4, -0.2) is 5.91 Å². The van der Waals surface area contributed by atoms with E-state index in [9.17, 15) is 4.79 Å². The molecule has 0 unspecified atom stereocenters. The lowest BCUT2D eigenvalue weighted by Gasteiger charge is -2.08. The highest BCUT2D eigenvalue weighted by atomic mass is 32.1. The minimum atomic E-state index is -0.123. The molecule has 0 aliphatic rings. The standard InChI is InChI=1S/C13H13NO2S/c1-10(12-5-2-8-16-12)14-13(15)7-6-11-4-3-9-17-11/h2-10H,1H3,(H,14,15)/b7-6+/t10-/m1/s1. The van der Waals surface area contributed by atoms with Crippen molar-refractivity contribution in [2.45, 2.75) is 13.0 Å². The highest BCUT2D eigenvalue weighted by Crippen LogP contribution is 2.13. The Kier molecular flexibility index (Phi) is 3.77. The van der Waals surface area contributed by atoms with Crippen LogP contribution in [0.15, 0.2) is 46.4 Å². The zero-order valence-electron chi connectivity index (χ0n) is 9.42. The second-order valence-corrected chi connectivity index (χ2v) is 4.57. The monoisotopic (exact) mass is 247 g/mol. The molecule has 88 valence electrons. The number of thiophene rings is 1. The molecule has 2 aromatic rings. The fourth-order valence-corrected chi connectivity index (χ4v) is 2.03. The van der Waals surface area contributed by atoms with Crippen LogP contribution >= 0.6 is 11.3 Å². The molecule has 0 aliphatic heterocycles. The number of hydrogen-bond acceptors (Lipinski definition) is 3. The molecule has 0 aromatic carbocycles. The Balaban J connectivity index is 1.89. The summed E-state index contributed by atoms with van der Waals surface area (Å²) in [5.74, 6) is 0.630. The summed E-state index contributed by atoms with van der Waals surface area (Å²) in [6.45, 7) is 1.88. The molecule has 0 saturated carbocycles. The van der Waals surface area contributed by atoms with Crippen molar-refractivity contribution in [2.24, 2.45) is 0 Å². The van der Waals surface area contributed by atoms with Gasteiger partial charge < -0.3 is 9.73 Å². The van der Waals surface area contributed by atoms with Gasteiger partial charge in [-0.25, -0.2) is 0 Å². The van der Waals surface area contributed by atoms with Crippen LogP contribution in [-0.2, 0) is 4.79 Å². The molecule has 0 aliphatic carbocycles. The molecule has 2 aromatic heterocycles. The normalized spacial score (nSPS) is 12.8. The van der Waals surface area contributed by atoms with E-state index in [2.05, 4.69) is 5.32 Å². The average Bonchev–Trinajstić information content (AvgIpc) is 2.99. The molecule has 1 amide bonds. The zero-order valence-corrected chi connectivity index (χ0v) is 10.2. The minimum absolute atomic E-state index is 0.120. The fourth-order valence-electron chi connectivity index (χ4n) is 1.41. The third-order valence-corrected chi connectivity index (χ3v) is 3.11. The number of hydrogen-bond donors (Lipinski definition) is 1. The molecule has 0 fully saturated rings. The van der Waals surface area contributed by atoms with Gasteiger partial charge in [-0.1, -0.05) is 6.07 Å². The van der Waals surface area contributed by atoms with Gasteiger partial charge in [-0.2, -0.15) is 0 Å². The van der Waals surface area contributed by atoms with E-state index in [1.165, 1.54) is 6.08 Å². The van der Waals surface area contributed by atoms with E-state index in [0.717, 1.165) is 10.6 Å². The Morgan fingerprint density at radius 3 is 3.00 bits per heavy atom. The SMILES string of the molecule is C[C@@H](NC(=O)/C=C/c1cccs1)c1ccco1. The molecule has 0 radical (unpaired) electrons. The first kappa shape index (κ1) is 11.7. The maximum atomic E-state index is 11.6. The maximum absolute atomic E-state index is 11.6. The molecule has 0 spiro atoms.